The standard InChI is InChI=1S/C21H22N2O3/c22-18-8-4-7-16(9-18)17-10-19-13-25-14-20(11-17)23(19)21(24)26-12-15-5-2-1-3-6-15/h1-10,19-20H,11-14,22H2. The predicted octanol–water partition coefficient (Wildman–Crippen LogP) is 3.46. The minimum absolute atomic E-state index is 0.0153. The number of nitrogens with zero attached hydrogens (tertiary/aromatic N) is 1. The number of carbonyl (C=O) groups is 1. The van der Waals surface area contributed by atoms with E-state index < -0.39 is 0 Å². The smallest absolute Gasteiger partial charge is 0.411 e. The lowest BCUT2D eigenvalue weighted by molar-refractivity contribution is -0.0342. The van der Waals surface area contributed by atoms with Crippen molar-refractivity contribution in [2.24, 2.45) is 0 Å². The zero-order valence-electron chi connectivity index (χ0n) is 14.5. The van der Waals surface area contributed by atoms with E-state index in [1.165, 1.54) is 5.57 Å². The number of benzene rings is 2. The van der Waals surface area contributed by atoms with Gasteiger partial charge >= 0.3 is 6.09 Å². The highest BCUT2D eigenvalue weighted by atomic mass is 16.6. The van der Waals surface area contributed by atoms with Gasteiger partial charge in [-0.05, 0) is 35.3 Å². The molecule has 2 atom stereocenters. The Morgan fingerprint density at radius 2 is 2.00 bits per heavy atom. The van der Waals surface area contributed by atoms with Crippen LogP contribution in [0.1, 0.15) is 17.5 Å². The van der Waals surface area contributed by atoms with Gasteiger partial charge in [0.1, 0.15) is 6.61 Å². The molecule has 2 heterocycles. The molecule has 0 saturated carbocycles. The van der Waals surface area contributed by atoms with Gasteiger partial charge in [-0.3, -0.25) is 4.90 Å². The van der Waals surface area contributed by atoms with Gasteiger partial charge < -0.3 is 15.2 Å². The fraction of sp³-hybridized carbons (Fsp3) is 0.286. The summed E-state index contributed by atoms with van der Waals surface area (Å²) in [6.07, 6.45) is 2.56. The van der Waals surface area contributed by atoms with Crippen molar-refractivity contribution in [2.75, 3.05) is 18.9 Å². The molecular formula is C21H22N2O3. The van der Waals surface area contributed by atoms with Gasteiger partial charge in [-0.15, -0.1) is 0 Å². The van der Waals surface area contributed by atoms with Crippen LogP contribution in [0.4, 0.5) is 10.5 Å². The fourth-order valence-electron chi connectivity index (χ4n) is 3.63. The van der Waals surface area contributed by atoms with Crippen molar-refractivity contribution in [3.05, 3.63) is 71.8 Å². The summed E-state index contributed by atoms with van der Waals surface area (Å²) in [6, 6.07) is 17.5. The quantitative estimate of drug-likeness (QED) is 0.861. The van der Waals surface area contributed by atoms with E-state index in [4.69, 9.17) is 15.2 Å². The number of carbonyl (C=O) groups excluding carboxylic acids is 1. The maximum Gasteiger partial charge on any atom is 0.411 e. The first-order chi connectivity index (χ1) is 12.7. The molecule has 134 valence electrons. The van der Waals surface area contributed by atoms with Gasteiger partial charge in [-0.1, -0.05) is 48.5 Å². The lowest BCUT2D eigenvalue weighted by Crippen LogP contribution is -2.56. The van der Waals surface area contributed by atoms with E-state index in [-0.39, 0.29) is 24.8 Å². The van der Waals surface area contributed by atoms with Crippen molar-refractivity contribution in [3.8, 4) is 0 Å². The molecule has 2 aliphatic heterocycles. The van der Waals surface area contributed by atoms with Gasteiger partial charge in [0.15, 0.2) is 0 Å². The number of rotatable bonds is 3. The second-order valence-corrected chi connectivity index (χ2v) is 6.73. The maximum atomic E-state index is 12.7. The molecule has 0 aromatic heterocycles. The van der Waals surface area contributed by atoms with Crippen LogP contribution < -0.4 is 5.73 Å². The Labute approximate surface area is 153 Å². The first-order valence-corrected chi connectivity index (χ1v) is 8.84. The van der Waals surface area contributed by atoms with Crippen LogP contribution in [0, 0.1) is 0 Å². The van der Waals surface area contributed by atoms with Crippen LogP contribution >= 0.6 is 0 Å². The molecule has 4 rings (SSSR count). The van der Waals surface area contributed by atoms with Crippen molar-refractivity contribution in [3.63, 3.8) is 0 Å². The highest BCUT2D eigenvalue weighted by molar-refractivity contribution is 5.75. The summed E-state index contributed by atoms with van der Waals surface area (Å²) in [5.74, 6) is 0. The molecular weight excluding hydrogens is 328 g/mol. The molecule has 2 aliphatic rings. The molecule has 5 heteroatoms. The monoisotopic (exact) mass is 350 g/mol. The lowest BCUT2D eigenvalue weighted by Gasteiger charge is -2.43. The zero-order chi connectivity index (χ0) is 17.9. The molecule has 0 radical (unpaired) electrons. The van der Waals surface area contributed by atoms with Gasteiger partial charge in [0.05, 0.1) is 25.3 Å². The van der Waals surface area contributed by atoms with Gasteiger partial charge in [-0.25, -0.2) is 4.79 Å². The number of fused-ring (bicyclic) bond motifs is 2. The van der Waals surface area contributed by atoms with Crippen molar-refractivity contribution in [1.29, 1.82) is 0 Å². The summed E-state index contributed by atoms with van der Waals surface area (Å²) >= 11 is 0. The maximum absolute atomic E-state index is 12.7. The molecule has 2 N–H and O–H groups in total. The van der Waals surface area contributed by atoms with Crippen LogP contribution in [0.15, 0.2) is 60.7 Å². The first kappa shape index (κ1) is 16.7. The molecule has 1 fully saturated rings. The molecule has 2 aromatic rings. The summed E-state index contributed by atoms with van der Waals surface area (Å²) in [6.45, 7) is 1.29. The Bertz CT molecular complexity index is 819. The first-order valence-electron chi connectivity index (χ1n) is 8.84. The molecule has 2 bridgehead atoms. The largest absolute Gasteiger partial charge is 0.445 e. The van der Waals surface area contributed by atoms with E-state index in [0.29, 0.717) is 13.2 Å². The molecule has 1 saturated heterocycles. The van der Waals surface area contributed by atoms with Gasteiger partial charge in [0, 0.05) is 5.69 Å². The number of morpholine rings is 1. The number of amides is 1. The number of nitrogen functional groups attached to an aromatic ring is 1. The third kappa shape index (κ3) is 3.44. The van der Waals surface area contributed by atoms with Crippen LogP contribution in [-0.2, 0) is 16.1 Å². The predicted molar refractivity (Wildman–Crippen MR) is 100 cm³/mol. The third-order valence-corrected chi connectivity index (χ3v) is 4.87. The summed E-state index contributed by atoms with van der Waals surface area (Å²) < 4.78 is 11.2. The summed E-state index contributed by atoms with van der Waals surface area (Å²) in [4.78, 5) is 14.5. The Hall–Kier alpha value is -2.79. The minimum atomic E-state index is -0.282. The van der Waals surface area contributed by atoms with Crippen molar-refractivity contribution in [2.45, 2.75) is 25.1 Å². The normalized spacial score (nSPS) is 21.8. The highest BCUT2D eigenvalue weighted by Crippen LogP contribution is 2.33. The zero-order valence-corrected chi connectivity index (χ0v) is 14.5. The van der Waals surface area contributed by atoms with E-state index in [1.54, 1.807) is 0 Å². The van der Waals surface area contributed by atoms with Crippen LogP contribution in [0.3, 0.4) is 0 Å². The molecule has 2 unspecified atom stereocenters. The Morgan fingerprint density at radius 3 is 2.77 bits per heavy atom. The second-order valence-electron chi connectivity index (χ2n) is 6.73. The molecule has 5 nitrogen and oxygen atoms in total. The van der Waals surface area contributed by atoms with Gasteiger partial charge in [0.25, 0.3) is 0 Å². The number of hydrogen-bond donors (Lipinski definition) is 1. The molecule has 26 heavy (non-hydrogen) atoms. The fourth-order valence-corrected chi connectivity index (χ4v) is 3.63. The van der Waals surface area contributed by atoms with Crippen LogP contribution in [0.25, 0.3) is 5.57 Å². The van der Waals surface area contributed by atoms with Crippen molar-refractivity contribution >= 4 is 17.4 Å². The SMILES string of the molecule is Nc1cccc(C2=CC3COCC(C2)N3C(=O)OCc2ccccc2)c1. The number of hydrogen-bond acceptors (Lipinski definition) is 4. The summed E-state index contributed by atoms with van der Waals surface area (Å²) in [7, 11) is 0. The van der Waals surface area contributed by atoms with E-state index in [9.17, 15) is 4.79 Å². The average Bonchev–Trinajstić information content (AvgIpc) is 2.66. The molecule has 0 aliphatic carbocycles. The third-order valence-electron chi connectivity index (χ3n) is 4.87. The number of nitrogens with two attached hydrogens (primary N) is 1. The van der Waals surface area contributed by atoms with Crippen LogP contribution in [0.2, 0.25) is 0 Å². The molecule has 0 spiro atoms. The van der Waals surface area contributed by atoms with Crippen LogP contribution in [0.5, 0.6) is 0 Å². The topological polar surface area (TPSA) is 64.8 Å². The van der Waals surface area contributed by atoms with Gasteiger partial charge in [0.2, 0.25) is 0 Å². The average molecular weight is 350 g/mol. The minimum Gasteiger partial charge on any atom is -0.445 e. The summed E-state index contributed by atoms with van der Waals surface area (Å²) in [5.41, 5.74) is 9.96. The van der Waals surface area contributed by atoms with Crippen molar-refractivity contribution in [1.82, 2.24) is 4.90 Å². The molecule has 1 amide bonds. The van der Waals surface area contributed by atoms with E-state index in [2.05, 4.69) is 12.1 Å². The second kappa shape index (κ2) is 7.22. The van der Waals surface area contributed by atoms with Crippen molar-refractivity contribution < 1.29 is 14.3 Å². The van der Waals surface area contributed by atoms with E-state index >= 15 is 0 Å². The highest BCUT2D eigenvalue weighted by Gasteiger charge is 2.39. The number of ether oxygens (including phenoxy) is 2. The lowest BCUT2D eigenvalue weighted by atomic mass is 9.90. The summed E-state index contributed by atoms with van der Waals surface area (Å²) in [5, 5.41) is 0. The Kier molecular flexibility index (Phi) is 4.63. The Morgan fingerprint density at radius 1 is 1.15 bits per heavy atom. The van der Waals surface area contributed by atoms with E-state index in [0.717, 1.165) is 23.2 Å². The van der Waals surface area contributed by atoms with E-state index in [1.807, 2.05) is 53.4 Å². The van der Waals surface area contributed by atoms with Crippen LogP contribution in [-0.4, -0.2) is 36.3 Å². The van der Waals surface area contributed by atoms with Gasteiger partial charge in [-0.2, -0.15) is 0 Å². The Balaban J connectivity index is 1.50. The molecule has 2 aromatic carbocycles. The number of anilines is 1.